The van der Waals surface area contributed by atoms with Gasteiger partial charge in [-0.1, -0.05) is 31.7 Å². The second-order valence-electron chi connectivity index (χ2n) is 10.8. The average molecular weight is 504 g/mol. The average Bonchev–Trinajstić information content (AvgIpc) is 3.52. The first-order valence-corrected chi connectivity index (χ1v) is 13.9. The molecule has 2 aliphatic heterocycles. The van der Waals surface area contributed by atoms with E-state index >= 15 is 0 Å². The molecule has 0 radical (unpaired) electrons. The van der Waals surface area contributed by atoms with Crippen LogP contribution in [0.5, 0.6) is 11.5 Å². The SMILES string of the molecule is O=C(c1cc2c(NC3CCCCC3)n[nH]c2cc1O)N1Cc2ccc(OCCN3CCCCC3)cc2C1. The Morgan fingerprint density at radius 2 is 1.81 bits per heavy atom. The molecular formula is C29H37N5O3. The van der Waals surface area contributed by atoms with Gasteiger partial charge < -0.3 is 20.1 Å². The van der Waals surface area contributed by atoms with Gasteiger partial charge in [-0.25, -0.2) is 0 Å². The molecule has 8 heteroatoms. The quantitative estimate of drug-likeness (QED) is 0.419. The van der Waals surface area contributed by atoms with E-state index in [1.165, 1.54) is 51.6 Å². The monoisotopic (exact) mass is 503 g/mol. The van der Waals surface area contributed by atoms with Crippen LogP contribution in [0, 0.1) is 0 Å². The van der Waals surface area contributed by atoms with Crippen LogP contribution in [0.3, 0.4) is 0 Å². The molecule has 0 bridgehead atoms. The molecule has 8 nitrogen and oxygen atoms in total. The molecule has 2 fully saturated rings. The van der Waals surface area contributed by atoms with E-state index < -0.39 is 0 Å². The first-order valence-electron chi connectivity index (χ1n) is 13.9. The van der Waals surface area contributed by atoms with Crippen molar-refractivity contribution in [3.05, 3.63) is 47.0 Å². The summed E-state index contributed by atoms with van der Waals surface area (Å²) >= 11 is 0. The van der Waals surface area contributed by atoms with Crippen LogP contribution < -0.4 is 10.1 Å². The summed E-state index contributed by atoms with van der Waals surface area (Å²) in [5.74, 6) is 1.41. The Balaban J connectivity index is 1.12. The molecule has 1 saturated heterocycles. The van der Waals surface area contributed by atoms with Gasteiger partial charge in [-0.15, -0.1) is 0 Å². The van der Waals surface area contributed by atoms with Gasteiger partial charge in [0.25, 0.3) is 5.91 Å². The number of hydrogen-bond acceptors (Lipinski definition) is 6. The number of anilines is 1. The van der Waals surface area contributed by atoms with Gasteiger partial charge in [0.2, 0.25) is 0 Å². The number of hydrogen-bond donors (Lipinski definition) is 3. The first kappa shape index (κ1) is 24.1. The number of likely N-dealkylation sites (tertiary alicyclic amines) is 1. The van der Waals surface area contributed by atoms with E-state index in [0.29, 0.717) is 31.3 Å². The number of carbonyl (C=O) groups excluding carboxylic acids is 1. The van der Waals surface area contributed by atoms with Crippen molar-refractivity contribution >= 4 is 22.6 Å². The van der Waals surface area contributed by atoms with Crippen molar-refractivity contribution in [3.63, 3.8) is 0 Å². The van der Waals surface area contributed by atoms with Crippen LogP contribution in [0.1, 0.15) is 72.9 Å². The maximum absolute atomic E-state index is 13.5. The summed E-state index contributed by atoms with van der Waals surface area (Å²) < 4.78 is 6.05. The number of aromatic nitrogens is 2. The fraction of sp³-hybridized carbons (Fsp3) is 0.517. The Bertz CT molecular complexity index is 1260. The number of nitrogens with one attached hydrogen (secondary N) is 2. The van der Waals surface area contributed by atoms with Gasteiger partial charge in [-0.05, 0) is 68.1 Å². The van der Waals surface area contributed by atoms with Crippen molar-refractivity contribution in [3.8, 4) is 11.5 Å². The van der Waals surface area contributed by atoms with E-state index in [1.807, 2.05) is 6.07 Å². The summed E-state index contributed by atoms with van der Waals surface area (Å²) in [5.41, 5.74) is 3.27. The number of ether oxygens (including phenoxy) is 1. The number of rotatable bonds is 7. The summed E-state index contributed by atoms with van der Waals surface area (Å²) in [5, 5.41) is 22.5. The Hall–Kier alpha value is -3.26. The standard InChI is InChI=1S/C29H37N5O3/c35-27-17-26-24(28(32-31-26)30-22-7-3-1-4-8-22)16-25(27)29(36)34-18-20-9-10-23(15-21(20)19-34)37-14-13-33-11-5-2-6-12-33/h9-10,15-17,22,35H,1-8,11-14,18-19H2,(H2,30,31,32). The van der Waals surface area contributed by atoms with E-state index in [4.69, 9.17) is 4.74 Å². The van der Waals surface area contributed by atoms with Gasteiger partial charge in [0, 0.05) is 37.1 Å². The molecule has 3 N–H and O–H groups in total. The van der Waals surface area contributed by atoms with Crippen LogP contribution >= 0.6 is 0 Å². The van der Waals surface area contributed by atoms with Gasteiger partial charge >= 0.3 is 0 Å². The smallest absolute Gasteiger partial charge is 0.258 e. The molecule has 0 atom stereocenters. The lowest BCUT2D eigenvalue weighted by Gasteiger charge is -2.26. The Labute approximate surface area is 218 Å². The number of fused-ring (bicyclic) bond motifs is 2. The molecule has 3 aliphatic rings. The number of amides is 1. The number of phenolic OH excluding ortho intramolecular Hbond substituents is 1. The molecule has 1 aliphatic carbocycles. The van der Waals surface area contributed by atoms with Crippen molar-refractivity contribution in [1.29, 1.82) is 0 Å². The second kappa shape index (κ2) is 10.6. The van der Waals surface area contributed by atoms with E-state index in [0.717, 1.165) is 53.0 Å². The molecule has 1 saturated carbocycles. The molecule has 3 heterocycles. The van der Waals surface area contributed by atoms with E-state index in [2.05, 4.69) is 32.5 Å². The predicted octanol–water partition coefficient (Wildman–Crippen LogP) is 5.03. The molecule has 3 aromatic rings. The summed E-state index contributed by atoms with van der Waals surface area (Å²) in [6.07, 6.45) is 9.91. The highest BCUT2D eigenvalue weighted by atomic mass is 16.5. The minimum atomic E-state index is -0.173. The zero-order valence-electron chi connectivity index (χ0n) is 21.5. The van der Waals surface area contributed by atoms with Crippen LogP contribution in [0.15, 0.2) is 30.3 Å². The highest BCUT2D eigenvalue weighted by molar-refractivity contribution is 6.03. The van der Waals surface area contributed by atoms with Crippen molar-refractivity contribution in [2.75, 3.05) is 31.6 Å². The normalized spacial score (nSPS) is 18.8. The molecule has 1 amide bonds. The third-order valence-electron chi connectivity index (χ3n) is 8.17. The fourth-order valence-corrected chi connectivity index (χ4v) is 6.02. The van der Waals surface area contributed by atoms with Crippen LogP contribution in [0.25, 0.3) is 10.9 Å². The van der Waals surface area contributed by atoms with Crippen LogP contribution in [0.2, 0.25) is 0 Å². The van der Waals surface area contributed by atoms with Crippen LogP contribution in [-0.4, -0.2) is 63.3 Å². The molecule has 0 spiro atoms. The number of nitrogens with zero attached hydrogens (tertiary/aromatic N) is 3. The summed E-state index contributed by atoms with van der Waals surface area (Å²) in [6.45, 7) is 5.00. The summed E-state index contributed by atoms with van der Waals surface area (Å²) in [6, 6.07) is 9.91. The molecule has 2 aromatic carbocycles. The minimum absolute atomic E-state index is 0.0249. The van der Waals surface area contributed by atoms with Gasteiger partial charge in [-0.3, -0.25) is 14.8 Å². The van der Waals surface area contributed by atoms with Crippen molar-refractivity contribution in [2.45, 2.75) is 70.5 Å². The Morgan fingerprint density at radius 1 is 1.03 bits per heavy atom. The number of benzene rings is 2. The first-order chi connectivity index (χ1) is 18.1. The molecule has 196 valence electrons. The lowest BCUT2D eigenvalue weighted by atomic mass is 9.95. The number of aromatic hydroxyl groups is 1. The minimum Gasteiger partial charge on any atom is -0.507 e. The van der Waals surface area contributed by atoms with E-state index in [9.17, 15) is 9.90 Å². The number of phenols is 1. The third kappa shape index (κ3) is 5.25. The molecule has 1 aromatic heterocycles. The summed E-state index contributed by atoms with van der Waals surface area (Å²) in [4.78, 5) is 17.8. The van der Waals surface area contributed by atoms with Crippen LogP contribution in [0.4, 0.5) is 5.82 Å². The Morgan fingerprint density at radius 3 is 2.65 bits per heavy atom. The zero-order valence-corrected chi connectivity index (χ0v) is 21.5. The topological polar surface area (TPSA) is 93.7 Å². The highest BCUT2D eigenvalue weighted by Gasteiger charge is 2.27. The van der Waals surface area contributed by atoms with Gasteiger partial charge in [0.05, 0.1) is 11.1 Å². The lowest BCUT2D eigenvalue weighted by molar-refractivity contribution is 0.0748. The number of carbonyl (C=O) groups is 1. The van der Waals surface area contributed by atoms with Crippen molar-refractivity contribution < 1.29 is 14.6 Å². The molecule has 6 rings (SSSR count). The predicted molar refractivity (Wildman–Crippen MR) is 144 cm³/mol. The van der Waals surface area contributed by atoms with Crippen molar-refractivity contribution in [1.82, 2.24) is 20.0 Å². The van der Waals surface area contributed by atoms with E-state index in [-0.39, 0.29) is 11.7 Å². The highest BCUT2D eigenvalue weighted by Crippen LogP contribution is 2.33. The number of H-pyrrole nitrogens is 1. The van der Waals surface area contributed by atoms with Gasteiger partial charge in [-0.2, -0.15) is 5.10 Å². The maximum atomic E-state index is 13.5. The zero-order chi connectivity index (χ0) is 25.2. The molecule has 0 unspecified atom stereocenters. The van der Waals surface area contributed by atoms with E-state index in [1.54, 1.807) is 17.0 Å². The summed E-state index contributed by atoms with van der Waals surface area (Å²) in [7, 11) is 0. The lowest BCUT2D eigenvalue weighted by Crippen LogP contribution is -2.33. The fourth-order valence-electron chi connectivity index (χ4n) is 6.02. The Kier molecular flexibility index (Phi) is 6.91. The number of piperidine rings is 1. The van der Waals surface area contributed by atoms with Gasteiger partial charge in [0.1, 0.15) is 18.1 Å². The van der Waals surface area contributed by atoms with Gasteiger partial charge in [0.15, 0.2) is 5.82 Å². The maximum Gasteiger partial charge on any atom is 0.258 e. The molecular weight excluding hydrogens is 466 g/mol. The van der Waals surface area contributed by atoms with Crippen LogP contribution in [-0.2, 0) is 13.1 Å². The largest absolute Gasteiger partial charge is 0.507 e. The van der Waals surface area contributed by atoms with Crippen molar-refractivity contribution in [2.24, 2.45) is 0 Å². The third-order valence-corrected chi connectivity index (χ3v) is 8.17. The number of aromatic amines is 1. The molecule has 37 heavy (non-hydrogen) atoms. The second-order valence-corrected chi connectivity index (χ2v) is 10.8.